The van der Waals surface area contributed by atoms with E-state index in [1.807, 2.05) is 0 Å². The van der Waals surface area contributed by atoms with Crippen LogP contribution in [0, 0.1) is 0 Å². The first-order valence-corrected chi connectivity index (χ1v) is 5.79. The summed E-state index contributed by atoms with van der Waals surface area (Å²) in [6.07, 6.45) is 3.22. The van der Waals surface area contributed by atoms with Crippen molar-refractivity contribution >= 4 is 0 Å². The monoisotopic (exact) mass is 215 g/mol. The second-order valence-electron chi connectivity index (χ2n) is 4.46. The van der Waals surface area contributed by atoms with E-state index >= 15 is 0 Å². The molecule has 2 aliphatic rings. The highest BCUT2D eigenvalue weighted by molar-refractivity contribution is 4.88. The second kappa shape index (κ2) is 5.25. The summed E-state index contributed by atoms with van der Waals surface area (Å²) >= 11 is 0. The number of nitrogens with one attached hydrogen (secondary N) is 1. The van der Waals surface area contributed by atoms with Crippen LogP contribution in [-0.4, -0.2) is 51.7 Å². The summed E-state index contributed by atoms with van der Waals surface area (Å²) in [5, 5.41) is 3.57. The van der Waals surface area contributed by atoms with Gasteiger partial charge in [-0.05, 0) is 12.8 Å². The normalized spacial score (nSPS) is 33.4. The average molecular weight is 215 g/mol. The van der Waals surface area contributed by atoms with Crippen molar-refractivity contribution in [2.75, 3.05) is 40.1 Å². The lowest BCUT2D eigenvalue weighted by atomic mass is 10.0. The molecule has 2 heterocycles. The number of ether oxygens (including phenoxy) is 3. The fraction of sp³-hybridized carbons (Fsp3) is 1.00. The molecule has 0 aliphatic carbocycles. The van der Waals surface area contributed by atoms with Gasteiger partial charge >= 0.3 is 0 Å². The van der Waals surface area contributed by atoms with Gasteiger partial charge in [-0.3, -0.25) is 0 Å². The van der Waals surface area contributed by atoms with Gasteiger partial charge in [0, 0.05) is 45.9 Å². The lowest BCUT2D eigenvalue weighted by molar-refractivity contribution is -0.0209. The Kier molecular flexibility index (Phi) is 3.97. The molecule has 2 saturated heterocycles. The molecule has 1 atom stereocenters. The fourth-order valence-corrected chi connectivity index (χ4v) is 2.19. The first-order valence-electron chi connectivity index (χ1n) is 5.79. The van der Waals surface area contributed by atoms with Gasteiger partial charge in [-0.15, -0.1) is 0 Å². The third-order valence-electron chi connectivity index (χ3n) is 3.43. The van der Waals surface area contributed by atoms with Crippen LogP contribution in [0.2, 0.25) is 0 Å². The van der Waals surface area contributed by atoms with Crippen LogP contribution in [0.3, 0.4) is 0 Å². The third-order valence-corrected chi connectivity index (χ3v) is 3.43. The summed E-state index contributed by atoms with van der Waals surface area (Å²) in [5.74, 6) is 0. The highest BCUT2D eigenvalue weighted by Gasteiger charge is 2.35. The van der Waals surface area contributed by atoms with Gasteiger partial charge in [0.1, 0.15) is 5.60 Å². The zero-order chi connectivity index (χ0) is 10.6. The molecular weight excluding hydrogens is 194 g/mol. The SMILES string of the molecule is COC1(CNC2CCOCC2)CCOC1. The molecule has 2 fully saturated rings. The zero-order valence-corrected chi connectivity index (χ0v) is 9.46. The molecule has 0 spiro atoms. The first kappa shape index (κ1) is 11.3. The third kappa shape index (κ3) is 2.91. The van der Waals surface area contributed by atoms with E-state index in [-0.39, 0.29) is 5.60 Å². The van der Waals surface area contributed by atoms with Crippen LogP contribution in [0.5, 0.6) is 0 Å². The van der Waals surface area contributed by atoms with E-state index in [9.17, 15) is 0 Å². The summed E-state index contributed by atoms with van der Waals surface area (Å²) in [4.78, 5) is 0. The van der Waals surface area contributed by atoms with Gasteiger partial charge in [-0.2, -0.15) is 0 Å². The minimum Gasteiger partial charge on any atom is -0.381 e. The van der Waals surface area contributed by atoms with E-state index in [4.69, 9.17) is 14.2 Å². The lowest BCUT2D eigenvalue weighted by Gasteiger charge is -2.30. The minimum atomic E-state index is -0.0850. The molecule has 0 aromatic heterocycles. The highest BCUT2D eigenvalue weighted by atomic mass is 16.5. The molecule has 0 amide bonds. The molecule has 1 unspecified atom stereocenters. The summed E-state index contributed by atoms with van der Waals surface area (Å²) < 4.78 is 16.3. The fourth-order valence-electron chi connectivity index (χ4n) is 2.19. The Labute approximate surface area is 91.3 Å². The maximum Gasteiger partial charge on any atom is 0.106 e. The van der Waals surface area contributed by atoms with Crippen LogP contribution in [-0.2, 0) is 14.2 Å². The van der Waals surface area contributed by atoms with Crippen LogP contribution >= 0.6 is 0 Å². The van der Waals surface area contributed by atoms with Crippen LogP contribution in [0.4, 0.5) is 0 Å². The minimum absolute atomic E-state index is 0.0850. The van der Waals surface area contributed by atoms with Gasteiger partial charge in [0.25, 0.3) is 0 Å². The summed E-state index contributed by atoms with van der Waals surface area (Å²) in [5.41, 5.74) is -0.0850. The standard InChI is InChI=1S/C11H21NO3/c1-13-11(4-7-15-9-11)8-12-10-2-5-14-6-3-10/h10,12H,2-9H2,1H3. The molecule has 4 nitrogen and oxygen atoms in total. The molecule has 0 aromatic rings. The van der Waals surface area contributed by atoms with Crippen molar-refractivity contribution in [1.82, 2.24) is 5.32 Å². The van der Waals surface area contributed by atoms with Crippen molar-refractivity contribution in [3.05, 3.63) is 0 Å². The smallest absolute Gasteiger partial charge is 0.106 e. The molecule has 0 saturated carbocycles. The summed E-state index contributed by atoms with van der Waals surface area (Å²) in [7, 11) is 1.78. The van der Waals surface area contributed by atoms with Gasteiger partial charge in [0.2, 0.25) is 0 Å². The van der Waals surface area contributed by atoms with Gasteiger partial charge in [0.15, 0.2) is 0 Å². The summed E-state index contributed by atoms with van der Waals surface area (Å²) in [6.45, 7) is 4.21. The van der Waals surface area contributed by atoms with Crippen molar-refractivity contribution in [3.8, 4) is 0 Å². The van der Waals surface area contributed by atoms with Crippen LogP contribution < -0.4 is 5.32 Å². The Morgan fingerprint density at radius 2 is 2.07 bits per heavy atom. The van der Waals surface area contributed by atoms with E-state index < -0.39 is 0 Å². The molecular formula is C11H21NO3. The van der Waals surface area contributed by atoms with Crippen molar-refractivity contribution < 1.29 is 14.2 Å². The van der Waals surface area contributed by atoms with Crippen LogP contribution in [0.25, 0.3) is 0 Å². The van der Waals surface area contributed by atoms with E-state index in [2.05, 4.69) is 5.32 Å². The lowest BCUT2D eigenvalue weighted by Crippen LogP contribution is -2.47. The summed E-state index contributed by atoms with van der Waals surface area (Å²) in [6, 6.07) is 0.589. The molecule has 2 rings (SSSR count). The number of hydrogen-bond acceptors (Lipinski definition) is 4. The van der Waals surface area contributed by atoms with Crippen LogP contribution in [0.1, 0.15) is 19.3 Å². The predicted octanol–water partition coefficient (Wildman–Crippen LogP) is 0.560. The van der Waals surface area contributed by atoms with Gasteiger partial charge in [-0.1, -0.05) is 0 Å². The molecule has 2 aliphatic heterocycles. The van der Waals surface area contributed by atoms with E-state index in [1.165, 1.54) is 0 Å². The quantitative estimate of drug-likeness (QED) is 0.744. The molecule has 1 N–H and O–H groups in total. The van der Waals surface area contributed by atoms with Crippen molar-refractivity contribution in [3.63, 3.8) is 0 Å². The maximum atomic E-state index is 5.57. The van der Waals surface area contributed by atoms with Crippen LogP contribution in [0.15, 0.2) is 0 Å². The molecule has 0 aromatic carbocycles. The maximum absolute atomic E-state index is 5.57. The topological polar surface area (TPSA) is 39.7 Å². The van der Waals surface area contributed by atoms with Crippen molar-refractivity contribution in [2.24, 2.45) is 0 Å². The van der Waals surface area contributed by atoms with E-state index in [1.54, 1.807) is 7.11 Å². The Morgan fingerprint density at radius 3 is 2.67 bits per heavy atom. The van der Waals surface area contributed by atoms with E-state index in [0.29, 0.717) is 6.04 Å². The molecule has 88 valence electrons. The Balaban J connectivity index is 1.75. The number of methoxy groups -OCH3 is 1. The zero-order valence-electron chi connectivity index (χ0n) is 9.46. The predicted molar refractivity (Wildman–Crippen MR) is 57.0 cm³/mol. The Morgan fingerprint density at radius 1 is 1.27 bits per heavy atom. The average Bonchev–Trinajstić information content (AvgIpc) is 2.77. The largest absolute Gasteiger partial charge is 0.381 e. The van der Waals surface area contributed by atoms with Crippen molar-refractivity contribution in [1.29, 1.82) is 0 Å². The Bertz CT molecular complexity index is 186. The highest BCUT2D eigenvalue weighted by Crippen LogP contribution is 2.22. The Hall–Kier alpha value is -0.160. The van der Waals surface area contributed by atoms with Crippen molar-refractivity contribution in [2.45, 2.75) is 30.9 Å². The van der Waals surface area contributed by atoms with Gasteiger partial charge < -0.3 is 19.5 Å². The number of hydrogen-bond donors (Lipinski definition) is 1. The van der Waals surface area contributed by atoms with Gasteiger partial charge in [-0.25, -0.2) is 0 Å². The number of rotatable bonds is 4. The molecule has 4 heteroatoms. The second-order valence-corrected chi connectivity index (χ2v) is 4.46. The van der Waals surface area contributed by atoms with E-state index in [0.717, 1.165) is 52.2 Å². The molecule has 0 bridgehead atoms. The molecule has 0 radical (unpaired) electrons. The first-order chi connectivity index (χ1) is 7.35. The molecule has 15 heavy (non-hydrogen) atoms. The van der Waals surface area contributed by atoms with Gasteiger partial charge in [0.05, 0.1) is 6.61 Å².